The van der Waals surface area contributed by atoms with E-state index in [0.29, 0.717) is 0 Å². The minimum absolute atomic E-state index is 0.0913. The molecule has 0 radical (unpaired) electrons. The van der Waals surface area contributed by atoms with Gasteiger partial charge in [0.15, 0.2) is 5.84 Å². The molecule has 7 heteroatoms. The standard InChI is InChI=1S/C7H14F3N3O/c1-4(2)12-3-5(6(11)13-14)7(8,9)10/h4-5,12,14H,3H2,1-2H3,(H2,11,13). The van der Waals surface area contributed by atoms with Crippen LogP contribution in [0.5, 0.6) is 0 Å². The Hall–Kier alpha value is -0.980. The van der Waals surface area contributed by atoms with E-state index in [1.54, 1.807) is 13.8 Å². The quantitative estimate of drug-likeness (QED) is 0.281. The lowest BCUT2D eigenvalue weighted by Crippen LogP contribution is -2.44. The molecule has 0 aliphatic carbocycles. The minimum atomic E-state index is -4.50. The lowest BCUT2D eigenvalue weighted by atomic mass is 10.1. The van der Waals surface area contributed by atoms with Crippen LogP contribution in [0.15, 0.2) is 5.16 Å². The zero-order chi connectivity index (χ0) is 11.4. The van der Waals surface area contributed by atoms with Crippen LogP contribution in [-0.4, -0.2) is 29.8 Å². The van der Waals surface area contributed by atoms with Gasteiger partial charge in [-0.3, -0.25) is 0 Å². The second-order valence-corrected chi connectivity index (χ2v) is 3.18. The first kappa shape index (κ1) is 13.0. The molecule has 0 bridgehead atoms. The van der Waals surface area contributed by atoms with Gasteiger partial charge >= 0.3 is 6.18 Å². The number of halogens is 3. The molecule has 0 aliphatic rings. The van der Waals surface area contributed by atoms with Gasteiger partial charge in [0.05, 0.1) is 0 Å². The molecule has 0 aliphatic heterocycles. The van der Waals surface area contributed by atoms with Crippen LogP contribution in [-0.2, 0) is 0 Å². The van der Waals surface area contributed by atoms with Crippen molar-refractivity contribution in [2.75, 3.05) is 6.54 Å². The van der Waals surface area contributed by atoms with Gasteiger partial charge in [0, 0.05) is 12.6 Å². The fourth-order valence-electron chi connectivity index (χ4n) is 0.811. The number of oxime groups is 1. The lowest BCUT2D eigenvalue weighted by Gasteiger charge is -2.20. The number of nitrogens with two attached hydrogens (primary N) is 1. The summed E-state index contributed by atoms with van der Waals surface area (Å²) < 4.78 is 36.9. The first-order valence-corrected chi connectivity index (χ1v) is 4.06. The molecule has 84 valence electrons. The van der Waals surface area contributed by atoms with E-state index in [1.807, 2.05) is 0 Å². The monoisotopic (exact) mass is 213 g/mol. The summed E-state index contributed by atoms with van der Waals surface area (Å²) in [4.78, 5) is 0. The maximum absolute atomic E-state index is 12.3. The summed E-state index contributed by atoms with van der Waals surface area (Å²) in [7, 11) is 0. The Balaban J connectivity index is 4.43. The molecule has 0 saturated heterocycles. The second kappa shape index (κ2) is 5.04. The molecule has 4 nitrogen and oxygen atoms in total. The van der Waals surface area contributed by atoms with Gasteiger partial charge in [-0.1, -0.05) is 19.0 Å². The highest BCUT2D eigenvalue weighted by atomic mass is 19.4. The number of nitrogens with one attached hydrogen (secondary N) is 1. The van der Waals surface area contributed by atoms with E-state index in [1.165, 1.54) is 0 Å². The maximum Gasteiger partial charge on any atom is 0.400 e. The maximum atomic E-state index is 12.3. The number of hydrogen-bond acceptors (Lipinski definition) is 3. The third kappa shape index (κ3) is 4.31. The van der Waals surface area contributed by atoms with E-state index in [2.05, 4.69) is 10.5 Å². The number of alkyl halides is 3. The molecule has 4 N–H and O–H groups in total. The predicted molar refractivity (Wildman–Crippen MR) is 46.1 cm³/mol. The predicted octanol–water partition coefficient (Wildman–Crippen LogP) is 0.909. The summed E-state index contributed by atoms with van der Waals surface area (Å²) in [6.07, 6.45) is -4.50. The molecule has 0 aromatic rings. The van der Waals surface area contributed by atoms with Gasteiger partial charge in [-0.05, 0) is 0 Å². The normalized spacial score (nSPS) is 16.0. The number of amidine groups is 1. The Morgan fingerprint density at radius 3 is 2.29 bits per heavy atom. The lowest BCUT2D eigenvalue weighted by molar-refractivity contribution is -0.155. The van der Waals surface area contributed by atoms with E-state index in [-0.39, 0.29) is 6.04 Å². The summed E-state index contributed by atoms with van der Waals surface area (Å²) >= 11 is 0. The van der Waals surface area contributed by atoms with Crippen LogP contribution in [0.25, 0.3) is 0 Å². The molecular formula is C7H14F3N3O. The molecule has 14 heavy (non-hydrogen) atoms. The van der Waals surface area contributed by atoms with Crippen molar-refractivity contribution in [1.29, 1.82) is 0 Å². The number of hydrogen-bond donors (Lipinski definition) is 3. The van der Waals surface area contributed by atoms with Crippen molar-refractivity contribution in [2.45, 2.75) is 26.1 Å². The highest BCUT2D eigenvalue weighted by Gasteiger charge is 2.42. The summed E-state index contributed by atoms with van der Waals surface area (Å²) in [5, 5.41) is 13.1. The fraction of sp³-hybridized carbons (Fsp3) is 0.857. The smallest absolute Gasteiger partial charge is 0.400 e. The molecule has 0 heterocycles. The van der Waals surface area contributed by atoms with E-state index in [0.717, 1.165) is 0 Å². The molecule has 0 aromatic carbocycles. The van der Waals surface area contributed by atoms with Crippen LogP contribution < -0.4 is 11.1 Å². The Bertz CT molecular complexity index is 203. The Morgan fingerprint density at radius 2 is 2.00 bits per heavy atom. The van der Waals surface area contributed by atoms with E-state index in [9.17, 15) is 13.2 Å². The van der Waals surface area contributed by atoms with Crippen molar-refractivity contribution in [3.8, 4) is 0 Å². The SMILES string of the molecule is CC(C)NCC(C(N)=NO)C(F)(F)F. The molecule has 0 spiro atoms. The van der Waals surface area contributed by atoms with Crippen molar-refractivity contribution in [1.82, 2.24) is 5.32 Å². The molecule has 0 fully saturated rings. The Morgan fingerprint density at radius 1 is 1.50 bits per heavy atom. The first-order valence-electron chi connectivity index (χ1n) is 4.06. The number of rotatable bonds is 4. The van der Waals surface area contributed by atoms with Crippen molar-refractivity contribution < 1.29 is 18.4 Å². The van der Waals surface area contributed by atoms with Gasteiger partial charge in [-0.25, -0.2) is 0 Å². The molecule has 0 rings (SSSR count). The average Bonchev–Trinajstić information content (AvgIpc) is 2.01. The van der Waals surface area contributed by atoms with Crippen LogP contribution in [0.3, 0.4) is 0 Å². The van der Waals surface area contributed by atoms with Gasteiger partial charge < -0.3 is 16.3 Å². The molecular weight excluding hydrogens is 199 g/mol. The molecule has 0 amide bonds. The van der Waals surface area contributed by atoms with Crippen LogP contribution in [0.2, 0.25) is 0 Å². The van der Waals surface area contributed by atoms with Crippen molar-refractivity contribution in [2.24, 2.45) is 16.8 Å². The average molecular weight is 213 g/mol. The van der Waals surface area contributed by atoms with E-state index < -0.39 is 24.5 Å². The summed E-state index contributed by atoms with van der Waals surface area (Å²) in [6, 6.07) is -0.0913. The second-order valence-electron chi connectivity index (χ2n) is 3.18. The summed E-state index contributed by atoms with van der Waals surface area (Å²) in [6.45, 7) is 3.02. The van der Waals surface area contributed by atoms with Gasteiger partial charge in [-0.15, -0.1) is 0 Å². The van der Waals surface area contributed by atoms with Crippen LogP contribution in [0.1, 0.15) is 13.8 Å². The van der Waals surface area contributed by atoms with E-state index >= 15 is 0 Å². The molecule has 0 aromatic heterocycles. The highest BCUT2D eigenvalue weighted by molar-refractivity contribution is 5.83. The Labute approximate surface area is 80.0 Å². The van der Waals surface area contributed by atoms with Gasteiger partial charge in [0.25, 0.3) is 0 Å². The van der Waals surface area contributed by atoms with E-state index in [4.69, 9.17) is 10.9 Å². The Kier molecular flexibility index (Phi) is 4.69. The van der Waals surface area contributed by atoms with Crippen LogP contribution >= 0.6 is 0 Å². The van der Waals surface area contributed by atoms with Gasteiger partial charge in [0.2, 0.25) is 0 Å². The van der Waals surface area contributed by atoms with Crippen molar-refractivity contribution in [3.05, 3.63) is 0 Å². The topological polar surface area (TPSA) is 70.6 Å². The first-order chi connectivity index (χ1) is 6.29. The third-order valence-corrected chi connectivity index (χ3v) is 1.60. The molecule has 0 saturated carbocycles. The van der Waals surface area contributed by atoms with Crippen molar-refractivity contribution in [3.63, 3.8) is 0 Å². The minimum Gasteiger partial charge on any atom is -0.409 e. The highest BCUT2D eigenvalue weighted by Crippen LogP contribution is 2.25. The van der Waals surface area contributed by atoms with Crippen molar-refractivity contribution >= 4 is 5.84 Å². The largest absolute Gasteiger partial charge is 0.409 e. The third-order valence-electron chi connectivity index (χ3n) is 1.60. The zero-order valence-corrected chi connectivity index (χ0v) is 7.97. The van der Waals surface area contributed by atoms with Gasteiger partial charge in [-0.2, -0.15) is 13.2 Å². The van der Waals surface area contributed by atoms with Crippen LogP contribution in [0, 0.1) is 5.92 Å². The number of nitrogens with zero attached hydrogens (tertiary/aromatic N) is 1. The molecule has 1 atom stereocenters. The fourth-order valence-corrected chi connectivity index (χ4v) is 0.811. The summed E-state index contributed by atoms with van der Waals surface area (Å²) in [5.74, 6) is -2.78. The summed E-state index contributed by atoms with van der Waals surface area (Å²) in [5.41, 5.74) is 4.93. The molecule has 1 unspecified atom stereocenters. The zero-order valence-electron chi connectivity index (χ0n) is 7.97. The van der Waals surface area contributed by atoms with Gasteiger partial charge in [0.1, 0.15) is 5.92 Å². The van der Waals surface area contributed by atoms with Crippen LogP contribution in [0.4, 0.5) is 13.2 Å².